The van der Waals surface area contributed by atoms with Gasteiger partial charge in [0.25, 0.3) is 0 Å². The molecule has 1 fully saturated rings. The van der Waals surface area contributed by atoms with E-state index < -0.39 is 7.52 Å². The number of para-hydroxylation sites is 1. The van der Waals surface area contributed by atoms with E-state index in [4.69, 9.17) is 28.8 Å². The van der Waals surface area contributed by atoms with Crippen molar-refractivity contribution in [1.29, 1.82) is 0 Å². The van der Waals surface area contributed by atoms with Gasteiger partial charge in [-0.25, -0.2) is 9.35 Å². The molecule has 36 heavy (non-hydrogen) atoms. The van der Waals surface area contributed by atoms with Crippen molar-refractivity contribution in [3.63, 3.8) is 0 Å². The molecule has 9 nitrogen and oxygen atoms in total. The van der Waals surface area contributed by atoms with Crippen LogP contribution in [0.5, 0.6) is 17.2 Å². The highest BCUT2D eigenvalue weighted by Gasteiger charge is 2.46. The smallest absolute Gasteiger partial charge is 0.356 e. The Balaban J connectivity index is 1.73. The summed E-state index contributed by atoms with van der Waals surface area (Å²) in [6, 6.07) is 13.2. The van der Waals surface area contributed by atoms with Crippen LogP contribution in [0.1, 0.15) is 36.9 Å². The van der Waals surface area contributed by atoms with Gasteiger partial charge in [-0.1, -0.05) is 31.0 Å². The minimum atomic E-state index is -3.53. The predicted molar refractivity (Wildman–Crippen MR) is 139 cm³/mol. The van der Waals surface area contributed by atoms with Gasteiger partial charge in [-0.3, -0.25) is 4.57 Å². The monoisotopic (exact) mass is 510 g/mol. The fourth-order valence-electron chi connectivity index (χ4n) is 4.80. The van der Waals surface area contributed by atoms with Gasteiger partial charge < -0.3 is 18.7 Å². The van der Waals surface area contributed by atoms with Crippen molar-refractivity contribution in [3.05, 3.63) is 53.7 Å². The third kappa shape index (κ3) is 4.16. The number of rotatable bonds is 6. The molecule has 0 N–H and O–H groups in total. The van der Waals surface area contributed by atoms with E-state index in [-0.39, 0.29) is 5.90 Å². The van der Waals surface area contributed by atoms with Crippen molar-refractivity contribution in [2.45, 2.75) is 32.6 Å². The Morgan fingerprint density at radius 2 is 1.56 bits per heavy atom. The van der Waals surface area contributed by atoms with E-state index in [2.05, 4.69) is 0 Å². The molecule has 2 aliphatic rings. The molecule has 1 unspecified atom stereocenters. The highest BCUT2D eigenvalue weighted by atomic mass is 31.2. The van der Waals surface area contributed by atoms with Gasteiger partial charge in [-0.15, -0.1) is 0 Å². The summed E-state index contributed by atoms with van der Waals surface area (Å²) in [7, 11) is 1.13. The molecule has 3 heterocycles. The molecule has 190 valence electrons. The number of fused-ring (bicyclic) bond motifs is 1. The molecule has 1 saturated heterocycles. The van der Waals surface area contributed by atoms with Crippen molar-refractivity contribution in [3.8, 4) is 22.9 Å². The number of methoxy groups -OCH3 is 3. The summed E-state index contributed by atoms with van der Waals surface area (Å²) in [6.07, 6.45) is 4.15. The first-order valence-electron chi connectivity index (χ1n) is 12.1. The topological polar surface area (TPSA) is 87.4 Å². The van der Waals surface area contributed by atoms with Gasteiger partial charge in [-0.05, 0) is 44.0 Å². The van der Waals surface area contributed by atoms with Gasteiger partial charge in [0, 0.05) is 18.7 Å². The van der Waals surface area contributed by atoms with E-state index in [0.29, 0.717) is 52.7 Å². The van der Waals surface area contributed by atoms with Crippen molar-refractivity contribution >= 4 is 24.5 Å². The first-order valence-corrected chi connectivity index (χ1v) is 13.7. The Hall–Kier alpha value is -3.29. The van der Waals surface area contributed by atoms with E-state index in [1.54, 1.807) is 38.1 Å². The van der Waals surface area contributed by atoms with Crippen LogP contribution in [-0.2, 0) is 9.09 Å². The van der Waals surface area contributed by atoms with E-state index in [0.717, 1.165) is 31.4 Å². The van der Waals surface area contributed by atoms with Crippen LogP contribution in [0.25, 0.3) is 5.69 Å². The van der Waals surface area contributed by atoms with Crippen molar-refractivity contribution < 1.29 is 23.3 Å². The van der Waals surface area contributed by atoms with Crippen LogP contribution in [0.3, 0.4) is 0 Å². The van der Waals surface area contributed by atoms with Crippen LogP contribution in [0.2, 0.25) is 0 Å². The molecule has 0 amide bonds. The van der Waals surface area contributed by atoms with Crippen LogP contribution in [-0.4, -0.2) is 54.8 Å². The molecule has 0 saturated carbocycles. The molecule has 0 aliphatic carbocycles. The maximum Gasteiger partial charge on any atom is 0.356 e. The quantitative estimate of drug-likeness (QED) is 0.431. The molecule has 1 aromatic heterocycles. The molecular weight excluding hydrogens is 479 g/mol. The van der Waals surface area contributed by atoms with Crippen molar-refractivity contribution in [1.82, 2.24) is 14.5 Å². The zero-order valence-corrected chi connectivity index (χ0v) is 22.0. The van der Waals surface area contributed by atoms with Crippen LogP contribution in [0.15, 0.2) is 47.5 Å². The minimum absolute atomic E-state index is 0.228. The predicted octanol–water partition coefficient (Wildman–Crippen LogP) is 5.01. The number of benzene rings is 2. The van der Waals surface area contributed by atoms with Crippen molar-refractivity contribution in [2.75, 3.05) is 34.4 Å². The average Bonchev–Trinajstić information content (AvgIpc) is 3.07. The first kappa shape index (κ1) is 24.4. The lowest BCUT2D eigenvalue weighted by molar-refractivity contribution is 0.324. The molecule has 0 spiro atoms. The Labute approximate surface area is 211 Å². The lowest BCUT2D eigenvalue weighted by Crippen LogP contribution is -2.33. The Morgan fingerprint density at radius 3 is 2.14 bits per heavy atom. The third-order valence-corrected chi connectivity index (χ3v) is 9.23. The summed E-state index contributed by atoms with van der Waals surface area (Å²) in [5.41, 5.74) is 2.05. The standard InChI is InChI=1S/C26H31N4O5P/c1-18-24-25(30(28-18)20-12-8-7-9-13-20)27-26(35-36(24,31)29-14-10-5-6-11-15-29)19-16-21(32-2)23(34-4)22(17-19)33-3/h7-9,12-13,16-17H,5-6,10-11,14-15H2,1-4H3. The lowest BCUT2D eigenvalue weighted by atomic mass is 10.1. The number of aryl methyl sites for hydroxylation is 1. The first-order chi connectivity index (χ1) is 17.5. The molecule has 10 heteroatoms. The maximum atomic E-state index is 14.9. The molecular formula is C26H31N4O5P. The summed E-state index contributed by atoms with van der Waals surface area (Å²) in [4.78, 5) is 4.88. The SMILES string of the molecule is COc1cc(C2=Nc3c(c(C)nn3-c3ccccc3)P(=O)(N3CCCCCC3)O2)cc(OC)c1OC. The summed E-state index contributed by atoms with van der Waals surface area (Å²) in [5.74, 6) is 2.12. The number of aromatic nitrogens is 2. The lowest BCUT2D eigenvalue weighted by Gasteiger charge is -2.33. The maximum absolute atomic E-state index is 14.9. The van der Waals surface area contributed by atoms with E-state index in [1.807, 2.05) is 41.9 Å². The molecule has 0 bridgehead atoms. The molecule has 1 atom stereocenters. The number of hydrogen-bond acceptors (Lipinski definition) is 7. The Bertz CT molecular complexity index is 1300. The van der Waals surface area contributed by atoms with E-state index >= 15 is 0 Å². The van der Waals surface area contributed by atoms with Crippen LogP contribution in [0, 0.1) is 6.92 Å². The summed E-state index contributed by atoms with van der Waals surface area (Å²) < 4.78 is 41.7. The van der Waals surface area contributed by atoms with Crippen LogP contribution >= 0.6 is 7.52 Å². The summed E-state index contributed by atoms with van der Waals surface area (Å²) >= 11 is 0. The fraction of sp³-hybridized carbons (Fsp3) is 0.385. The largest absolute Gasteiger partial charge is 0.493 e. The molecule has 2 aromatic carbocycles. The number of ether oxygens (including phenoxy) is 3. The van der Waals surface area contributed by atoms with Gasteiger partial charge in [0.2, 0.25) is 11.6 Å². The zero-order chi connectivity index (χ0) is 25.3. The molecule has 0 radical (unpaired) electrons. The second-order valence-corrected chi connectivity index (χ2v) is 11.1. The highest BCUT2D eigenvalue weighted by molar-refractivity contribution is 7.65. The van der Waals surface area contributed by atoms with Crippen LogP contribution < -0.4 is 19.5 Å². The van der Waals surface area contributed by atoms with E-state index in [1.165, 1.54) is 0 Å². The molecule has 3 aromatic rings. The highest BCUT2D eigenvalue weighted by Crippen LogP contribution is 2.57. The summed E-state index contributed by atoms with van der Waals surface area (Å²) in [6.45, 7) is 3.25. The Kier molecular flexibility index (Phi) is 6.77. The zero-order valence-electron chi connectivity index (χ0n) is 21.1. The average molecular weight is 511 g/mol. The summed E-state index contributed by atoms with van der Waals surface area (Å²) in [5, 5.41) is 5.32. The second kappa shape index (κ2) is 9.99. The van der Waals surface area contributed by atoms with Gasteiger partial charge in [-0.2, -0.15) is 10.1 Å². The van der Waals surface area contributed by atoms with Gasteiger partial charge in [0.15, 0.2) is 17.3 Å². The van der Waals surface area contributed by atoms with Gasteiger partial charge in [0.05, 0.1) is 32.7 Å². The van der Waals surface area contributed by atoms with E-state index in [9.17, 15) is 4.57 Å². The van der Waals surface area contributed by atoms with Crippen LogP contribution in [0.4, 0.5) is 5.82 Å². The molecule has 5 rings (SSSR count). The number of hydrogen-bond donors (Lipinski definition) is 0. The van der Waals surface area contributed by atoms with Crippen molar-refractivity contribution in [2.24, 2.45) is 4.99 Å². The second-order valence-electron chi connectivity index (χ2n) is 8.82. The Morgan fingerprint density at radius 1 is 0.917 bits per heavy atom. The van der Waals surface area contributed by atoms with Gasteiger partial charge >= 0.3 is 7.52 Å². The molecule has 2 aliphatic heterocycles. The number of aliphatic imine (C=N–C) groups is 1. The third-order valence-electron chi connectivity index (χ3n) is 6.57. The van der Waals surface area contributed by atoms with Gasteiger partial charge in [0.1, 0.15) is 5.30 Å². The minimum Gasteiger partial charge on any atom is -0.493 e. The normalized spacial score (nSPS) is 20.1. The fourth-order valence-corrected chi connectivity index (χ4v) is 7.34. The number of nitrogens with zero attached hydrogens (tertiary/aromatic N) is 4.